The lowest BCUT2D eigenvalue weighted by Gasteiger charge is -2.08. The van der Waals surface area contributed by atoms with Crippen LogP contribution in [0.2, 0.25) is 0 Å². The molecule has 20 heavy (non-hydrogen) atoms. The van der Waals surface area contributed by atoms with Crippen LogP contribution in [0.1, 0.15) is 41.9 Å². The highest BCUT2D eigenvalue weighted by Crippen LogP contribution is 2.39. The molecule has 1 aromatic heterocycles. The van der Waals surface area contributed by atoms with Crippen LogP contribution in [0, 0.1) is 0 Å². The summed E-state index contributed by atoms with van der Waals surface area (Å²) in [5, 5.41) is 13.6. The first-order chi connectivity index (χ1) is 9.78. The van der Waals surface area contributed by atoms with Gasteiger partial charge in [0.05, 0.1) is 5.56 Å². The smallest absolute Gasteiger partial charge is 0.322 e. The van der Waals surface area contributed by atoms with E-state index in [2.05, 4.69) is 20.8 Å². The molecule has 2 aromatic rings. The number of amides is 1. The van der Waals surface area contributed by atoms with Crippen molar-refractivity contribution in [1.82, 2.24) is 10.2 Å². The highest BCUT2D eigenvalue weighted by Gasteiger charge is 2.29. The van der Waals surface area contributed by atoms with Crippen LogP contribution >= 0.6 is 0 Å². The van der Waals surface area contributed by atoms with Crippen LogP contribution in [0.25, 0.3) is 0 Å². The maximum absolute atomic E-state index is 12.2. The first-order valence-electron chi connectivity index (χ1n) is 6.75. The van der Waals surface area contributed by atoms with Crippen LogP contribution < -0.4 is 10.6 Å². The fraction of sp³-hybridized carbons (Fsp3) is 0.357. The summed E-state index contributed by atoms with van der Waals surface area (Å²) in [5.74, 6) is 0.731. The number of rotatable bonds is 5. The zero-order chi connectivity index (χ0) is 13.9. The number of para-hydroxylation sites is 1. The summed E-state index contributed by atoms with van der Waals surface area (Å²) in [6, 6.07) is 7.47. The Balaban J connectivity index is 1.74. The van der Waals surface area contributed by atoms with Crippen molar-refractivity contribution < 1.29 is 9.21 Å². The van der Waals surface area contributed by atoms with E-state index < -0.39 is 0 Å². The predicted molar refractivity (Wildman–Crippen MR) is 74.8 cm³/mol. The summed E-state index contributed by atoms with van der Waals surface area (Å²) in [4.78, 5) is 12.2. The Morgan fingerprint density at radius 3 is 2.90 bits per heavy atom. The second-order valence-electron chi connectivity index (χ2n) is 4.75. The molecule has 1 amide bonds. The molecule has 0 unspecified atom stereocenters. The topological polar surface area (TPSA) is 80.0 Å². The van der Waals surface area contributed by atoms with Gasteiger partial charge in [-0.3, -0.25) is 10.1 Å². The third-order valence-electron chi connectivity index (χ3n) is 3.13. The van der Waals surface area contributed by atoms with Gasteiger partial charge < -0.3 is 9.73 Å². The Bertz CT molecular complexity index is 619. The molecule has 1 aromatic carbocycles. The summed E-state index contributed by atoms with van der Waals surface area (Å²) in [6.45, 7) is 2.73. The first kappa shape index (κ1) is 12.7. The number of anilines is 2. The fourth-order valence-electron chi connectivity index (χ4n) is 1.97. The zero-order valence-electron chi connectivity index (χ0n) is 11.2. The lowest BCUT2D eigenvalue weighted by Crippen LogP contribution is -2.15. The van der Waals surface area contributed by atoms with Crippen molar-refractivity contribution in [2.75, 3.05) is 17.2 Å². The van der Waals surface area contributed by atoms with E-state index in [0.29, 0.717) is 17.4 Å². The van der Waals surface area contributed by atoms with Crippen LogP contribution in [0.4, 0.5) is 11.7 Å². The SMILES string of the molecule is CCNc1ccccc1C(=O)Nc1nnc(C2CC2)o1. The second kappa shape index (κ2) is 5.32. The van der Waals surface area contributed by atoms with Gasteiger partial charge in [0.1, 0.15) is 0 Å². The molecule has 1 heterocycles. The van der Waals surface area contributed by atoms with Crippen LogP contribution in [-0.4, -0.2) is 22.6 Å². The molecule has 0 saturated heterocycles. The molecule has 0 radical (unpaired) electrons. The van der Waals surface area contributed by atoms with Crippen molar-refractivity contribution in [3.8, 4) is 0 Å². The Labute approximate surface area is 116 Å². The van der Waals surface area contributed by atoms with Crippen LogP contribution in [0.3, 0.4) is 0 Å². The van der Waals surface area contributed by atoms with Gasteiger partial charge in [-0.2, -0.15) is 0 Å². The number of hydrogen-bond acceptors (Lipinski definition) is 5. The highest BCUT2D eigenvalue weighted by molar-refractivity contribution is 6.07. The molecule has 0 atom stereocenters. The average Bonchev–Trinajstić information content (AvgIpc) is 3.20. The minimum Gasteiger partial charge on any atom is -0.408 e. The number of nitrogens with zero attached hydrogens (tertiary/aromatic N) is 2. The van der Waals surface area contributed by atoms with E-state index in [9.17, 15) is 4.79 Å². The molecule has 1 fully saturated rings. The van der Waals surface area contributed by atoms with Gasteiger partial charge in [0.2, 0.25) is 5.89 Å². The average molecular weight is 272 g/mol. The largest absolute Gasteiger partial charge is 0.408 e. The standard InChI is InChI=1S/C14H16N4O2/c1-2-15-11-6-4-3-5-10(11)12(19)16-14-18-17-13(20-14)9-7-8-9/h3-6,9,15H,2,7-8H2,1H3,(H,16,18,19). The minimum atomic E-state index is -0.257. The van der Waals surface area contributed by atoms with Crippen molar-refractivity contribution in [1.29, 1.82) is 0 Å². The third kappa shape index (κ3) is 2.64. The van der Waals surface area contributed by atoms with Crippen LogP contribution in [-0.2, 0) is 0 Å². The van der Waals surface area contributed by atoms with E-state index in [1.807, 2.05) is 25.1 Å². The van der Waals surface area contributed by atoms with Gasteiger partial charge in [-0.25, -0.2) is 0 Å². The van der Waals surface area contributed by atoms with Crippen molar-refractivity contribution in [2.45, 2.75) is 25.7 Å². The van der Waals surface area contributed by atoms with Gasteiger partial charge >= 0.3 is 6.01 Å². The molecule has 0 spiro atoms. The van der Waals surface area contributed by atoms with E-state index in [1.165, 1.54) is 0 Å². The van der Waals surface area contributed by atoms with Crippen molar-refractivity contribution in [2.24, 2.45) is 0 Å². The van der Waals surface area contributed by atoms with E-state index in [0.717, 1.165) is 25.1 Å². The van der Waals surface area contributed by atoms with Gasteiger partial charge in [0.15, 0.2) is 0 Å². The van der Waals surface area contributed by atoms with E-state index in [-0.39, 0.29) is 11.9 Å². The van der Waals surface area contributed by atoms with Gasteiger partial charge in [-0.15, -0.1) is 5.10 Å². The molecule has 2 N–H and O–H groups in total. The second-order valence-corrected chi connectivity index (χ2v) is 4.75. The van der Waals surface area contributed by atoms with E-state index in [4.69, 9.17) is 4.42 Å². The maximum atomic E-state index is 12.2. The van der Waals surface area contributed by atoms with E-state index >= 15 is 0 Å². The van der Waals surface area contributed by atoms with Crippen molar-refractivity contribution in [3.63, 3.8) is 0 Å². The Morgan fingerprint density at radius 1 is 1.35 bits per heavy atom. The number of carbonyl (C=O) groups is 1. The lowest BCUT2D eigenvalue weighted by atomic mass is 10.1. The van der Waals surface area contributed by atoms with Crippen LogP contribution in [0.5, 0.6) is 0 Å². The lowest BCUT2D eigenvalue weighted by molar-refractivity contribution is 0.102. The zero-order valence-corrected chi connectivity index (χ0v) is 11.2. The van der Waals surface area contributed by atoms with Gasteiger partial charge in [0, 0.05) is 18.2 Å². The summed E-state index contributed by atoms with van der Waals surface area (Å²) in [7, 11) is 0. The number of hydrogen-bond donors (Lipinski definition) is 2. The minimum absolute atomic E-state index is 0.156. The molecule has 1 saturated carbocycles. The quantitative estimate of drug-likeness (QED) is 0.874. The van der Waals surface area contributed by atoms with Crippen molar-refractivity contribution in [3.05, 3.63) is 35.7 Å². The highest BCUT2D eigenvalue weighted by atomic mass is 16.4. The normalized spacial score (nSPS) is 14.1. The molecule has 3 rings (SSSR count). The molecule has 6 heteroatoms. The van der Waals surface area contributed by atoms with Crippen molar-refractivity contribution >= 4 is 17.6 Å². The van der Waals surface area contributed by atoms with E-state index in [1.54, 1.807) is 6.07 Å². The number of carbonyl (C=O) groups excluding carboxylic acids is 1. The fourth-order valence-corrected chi connectivity index (χ4v) is 1.97. The molecule has 6 nitrogen and oxygen atoms in total. The predicted octanol–water partition coefficient (Wildman–Crippen LogP) is 2.63. The van der Waals surface area contributed by atoms with Gasteiger partial charge in [0.25, 0.3) is 5.91 Å². The van der Waals surface area contributed by atoms with Gasteiger partial charge in [-0.05, 0) is 31.9 Å². The summed E-state index contributed by atoms with van der Waals surface area (Å²) in [6.07, 6.45) is 2.16. The summed E-state index contributed by atoms with van der Waals surface area (Å²) >= 11 is 0. The monoisotopic (exact) mass is 272 g/mol. The Morgan fingerprint density at radius 2 is 2.15 bits per heavy atom. The molecule has 0 aliphatic heterocycles. The maximum Gasteiger partial charge on any atom is 0.322 e. The van der Waals surface area contributed by atoms with Gasteiger partial charge in [-0.1, -0.05) is 17.2 Å². The molecule has 1 aliphatic rings. The Hall–Kier alpha value is -2.37. The Kier molecular flexibility index (Phi) is 3.37. The molecule has 1 aliphatic carbocycles. The number of nitrogens with one attached hydrogen (secondary N) is 2. The summed E-state index contributed by atoms with van der Waals surface area (Å²) in [5.41, 5.74) is 1.34. The third-order valence-corrected chi connectivity index (χ3v) is 3.13. The first-order valence-corrected chi connectivity index (χ1v) is 6.75. The number of aromatic nitrogens is 2. The molecular formula is C14H16N4O2. The molecule has 104 valence electrons. The summed E-state index contributed by atoms with van der Waals surface area (Å²) < 4.78 is 5.42. The van der Waals surface area contributed by atoms with Crippen LogP contribution in [0.15, 0.2) is 28.7 Å². The number of benzene rings is 1. The molecular weight excluding hydrogens is 256 g/mol. The molecule has 0 bridgehead atoms.